The van der Waals surface area contributed by atoms with Crippen LogP contribution in [-0.4, -0.2) is 82.0 Å². The molecule has 5 unspecified atom stereocenters. The fourth-order valence-corrected chi connectivity index (χ4v) is 3.28. The molecule has 0 heterocycles. The maximum atomic E-state index is 12.9. The van der Waals surface area contributed by atoms with Gasteiger partial charge >= 0.3 is 11.9 Å². The second-order valence-corrected chi connectivity index (χ2v) is 8.81. The van der Waals surface area contributed by atoms with Gasteiger partial charge in [-0.05, 0) is 30.8 Å². The first kappa shape index (κ1) is 31.1. The van der Waals surface area contributed by atoms with Gasteiger partial charge in [-0.3, -0.25) is 24.0 Å². The van der Waals surface area contributed by atoms with E-state index in [1.54, 1.807) is 20.1 Å². The molecule has 0 rings (SSSR count). The summed E-state index contributed by atoms with van der Waals surface area (Å²) in [5.74, 6) is -5.73. The third-order valence-electron chi connectivity index (χ3n) is 5.06. The topological polar surface area (TPSA) is 231 Å². The van der Waals surface area contributed by atoms with E-state index in [0.717, 1.165) is 0 Å². The quantitative estimate of drug-likeness (QED) is 0.119. The summed E-state index contributed by atoms with van der Waals surface area (Å²) in [5.41, 5.74) is 10.9. The van der Waals surface area contributed by atoms with Crippen molar-refractivity contribution in [2.24, 2.45) is 17.4 Å². The Bertz CT molecular complexity index is 750. The second kappa shape index (κ2) is 15.9. The molecular weight excluding hydrogens is 470 g/mol. The minimum absolute atomic E-state index is 0.124. The standard InChI is InChI=1S/C20H35N5O8S/c1-4-10(2)16(25-17(29)11(21)5-6-15(27)28)19(31)24-13(9-14(22)26)18(30)23-12(20(32)33)7-8-34-3/h10-13,16H,4-9,21H2,1-3H3,(H2,22,26)(H,23,30)(H,24,31)(H,25,29)(H,27,28)(H,32,33). The molecule has 4 amide bonds. The number of carbonyl (C=O) groups is 6. The lowest BCUT2D eigenvalue weighted by molar-refractivity contribution is -0.142. The number of primary amides is 1. The lowest BCUT2D eigenvalue weighted by atomic mass is 9.97. The Balaban J connectivity index is 5.51. The van der Waals surface area contributed by atoms with Gasteiger partial charge in [0.2, 0.25) is 23.6 Å². The number of thioether (sulfide) groups is 1. The van der Waals surface area contributed by atoms with Crippen molar-refractivity contribution in [1.29, 1.82) is 0 Å². The van der Waals surface area contributed by atoms with E-state index < -0.39 is 72.1 Å². The summed E-state index contributed by atoms with van der Waals surface area (Å²) in [5, 5.41) is 25.2. The van der Waals surface area contributed by atoms with Crippen LogP contribution in [0.4, 0.5) is 0 Å². The van der Waals surface area contributed by atoms with Crippen molar-refractivity contribution in [3.05, 3.63) is 0 Å². The van der Waals surface area contributed by atoms with Gasteiger partial charge in [-0.2, -0.15) is 11.8 Å². The van der Waals surface area contributed by atoms with Gasteiger partial charge in [0.15, 0.2) is 0 Å². The molecule has 13 nitrogen and oxygen atoms in total. The third kappa shape index (κ3) is 11.8. The van der Waals surface area contributed by atoms with Crippen LogP contribution in [0.5, 0.6) is 0 Å². The van der Waals surface area contributed by atoms with Crippen LogP contribution in [0.1, 0.15) is 46.0 Å². The van der Waals surface area contributed by atoms with Crippen LogP contribution in [-0.2, 0) is 28.8 Å². The molecule has 0 radical (unpaired) electrons. The zero-order valence-corrected chi connectivity index (χ0v) is 20.4. The average molecular weight is 506 g/mol. The molecule has 0 spiro atoms. The highest BCUT2D eigenvalue weighted by Crippen LogP contribution is 2.10. The normalized spacial score (nSPS) is 15.2. The Morgan fingerprint density at radius 3 is 1.97 bits per heavy atom. The Kier molecular flexibility index (Phi) is 14.5. The summed E-state index contributed by atoms with van der Waals surface area (Å²) in [4.78, 5) is 71.6. The molecule has 194 valence electrons. The number of carboxylic acids is 2. The number of hydrogen-bond donors (Lipinski definition) is 7. The average Bonchev–Trinajstić information content (AvgIpc) is 2.76. The molecular formula is C20H35N5O8S. The van der Waals surface area contributed by atoms with Crippen molar-refractivity contribution >= 4 is 47.3 Å². The Hall–Kier alpha value is -2.87. The molecule has 0 saturated carbocycles. The molecule has 9 N–H and O–H groups in total. The van der Waals surface area contributed by atoms with Gasteiger partial charge in [-0.25, -0.2) is 4.79 Å². The number of nitrogens with one attached hydrogen (secondary N) is 3. The van der Waals surface area contributed by atoms with Crippen molar-refractivity contribution < 1.29 is 39.0 Å². The van der Waals surface area contributed by atoms with Crippen LogP contribution in [0, 0.1) is 5.92 Å². The van der Waals surface area contributed by atoms with Crippen molar-refractivity contribution in [2.75, 3.05) is 12.0 Å². The number of hydrogen-bond acceptors (Lipinski definition) is 8. The minimum Gasteiger partial charge on any atom is -0.481 e. The molecule has 0 aromatic heterocycles. The number of carboxylic acid groups (broad SMARTS) is 2. The lowest BCUT2D eigenvalue weighted by Gasteiger charge is -2.27. The number of rotatable bonds is 17. The summed E-state index contributed by atoms with van der Waals surface area (Å²) >= 11 is 1.39. The molecule has 0 bridgehead atoms. The first-order valence-electron chi connectivity index (χ1n) is 10.7. The van der Waals surface area contributed by atoms with Crippen molar-refractivity contribution in [1.82, 2.24) is 16.0 Å². The van der Waals surface area contributed by atoms with Crippen LogP contribution in [0.3, 0.4) is 0 Å². The van der Waals surface area contributed by atoms with Gasteiger partial charge < -0.3 is 37.6 Å². The predicted octanol–water partition coefficient (Wildman–Crippen LogP) is -1.61. The highest BCUT2D eigenvalue weighted by atomic mass is 32.2. The van der Waals surface area contributed by atoms with E-state index in [0.29, 0.717) is 12.2 Å². The first-order valence-corrected chi connectivity index (χ1v) is 12.1. The maximum absolute atomic E-state index is 12.9. The predicted molar refractivity (Wildman–Crippen MR) is 125 cm³/mol. The maximum Gasteiger partial charge on any atom is 0.326 e. The Labute approximate surface area is 202 Å². The van der Waals surface area contributed by atoms with Gasteiger partial charge in [0.05, 0.1) is 12.5 Å². The van der Waals surface area contributed by atoms with E-state index in [1.807, 2.05) is 0 Å². The van der Waals surface area contributed by atoms with Crippen molar-refractivity contribution in [2.45, 2.75) is 70.1 Å². The van der Waals surface area contributed by atoms with Crippen LogP contribution in [0.2, 0.25) is 0 Å². The van der Waals surface area contributed by atoms with Crippen molar-refractivity contribution in [3.8, 4) is 0 Å². The fourth-order valence-electron chi connectivity index (χ4n) is 2.81. The molecule has 0 aliphatic rings. The second-order valence-electron chi connectivity index (χ2n) is 7.82. The van der Waals surface area contributed by atoms with E-state index in [2.05, 4.69) is 16.0 Å². The molecule has 0 saturated heterocycles. The van der Waals surface area contributed by atoms with E-state index in [1.165, 1.54) is 11.8 Å². The van der Waals surface area contributed by atoms with Gasteiger partial charge in [0.1, 0.15) is 18.1 Å². The van der Waals surface area contributed by atoms with Crippen molar-refractivity contribution in [3.63, 3.8) is 0 Å². The monoisotopic (exact) mass is 505 g/mol. The number of carbonyl (C=O) groups excluding carboxylic acids is 4. The highest BCUT2D eigenvalue weighted by Gasteiger charge is 2.33. The van der Waals surface area contributed by atoms with Crippen LogP contribution in [0.15, 0.2) is 0 Å². The molecule has 0 aliphatic heterocycles. The molecule has 5 atom stereocenters. The molecule has 0 fully saturated rings. The van der Waals surface area contributed by atoms with Gasteiger partial charge in [0, 0.05) is 6.42 Å². The van der Waals surface area contributed by atoms with Gasteiger partial charge in [-0.1, -0.05) is 20.3 Å². The Morgan fingerprint density at radius 2 is 1.50 bits per heavy atom. The summed E-state index contributed by atoms with van der Waals surface area (Å²) in [6.07, 6.45) is 1.27. The first-order chi connectivity index (χ1) is 15.8. The summed E-state index contributed by atoms with van der Waals surface area (Å²) in [6, 6.07) is -5.02. The smallest absolute Gasteiger partial charge is 0.326 e. The summed E-state index contributed by atoms with van der Waals surface area (Å²) in [7, 11) is 0. The molecule has 0 aliphatic carbocycles. The van der Waals surface area contributed by atoms with E-state index >= 15 is 0 Å². The number of amides is 4. The molecule has 0 aromatic carbocycles. The van der Waals surface area contributed by atoms with E-state index in [-0.39, 0.29) is 19.3 Å². The minimum atomic E-state index is -1.47. The summed E-state index contributed by atoms with van der Waals surface area (Å²) < 4.78 is 0. The summed E-state index contributed by atoms with van der Waals surface area (Å²) in [6.45, 7) is 3.43. The molecule has 0 aromatic rings. The zero-order chi connectivity index (χ0) is 26.4. The molecule has 34 heavy (non-hydrogen) atoms. The number of aliphatic carboxylic acids is 2. The van der Waals surface area contributed by atoms with E-state index in [4.69, 9.17) is 16.6 Å². The SMILES string of the molecule is CCC(C)C(NC(=O)C(N)CCC(=O)O)C(=O)NC(CC(N)=O)C(=O)NC(CCSC)C(=O)O. The Morgan fingerprint density at radius 1 is 0.912 bits per heavy atom. The zero-order valence-electron chi connectivity index (χ0n) is 19.5. The van der Waals surface area contributed by atoms with Gasteiger partial charge in [-0.15, -0.1) is 0 Å². The largest absolute Gasteiger partial charge is 0.481 e. The van der Waals surface area contributed by atoms with Gasteiger partial charge in [0.25, 0.3) is 0 Å². The fraction of sp³-hybridized carbons (Fsp3) is 0.700. The third-order valence-corrected chi connectivity index (χ3v) is 5.71. The van der Waals surface area contributed by atoms with E-state index in [9.17, 15) is 33.9 Å². The highest BCUT2D eigenvalue weighted by molar-refractivity contribution is 7.98. The number of nitrogens with two attached hydrogens (primary N) is 2. The van der Waals surface area contributed by atoms with Crippen LogP contribution in [0.25, 0.3) is 0 Å². The lowest BCUT2D eigenvalue weighted by Crippen LogP contribution is -2.59. The van der Waals surface area contributed by atoms with Crippen LogP contribution >= 0.6 is 11.8 Å². The molecule has 14 heteroatoms. The van der Waals surface area contributed by atoms with Crippen LogP contribution < -0.4 is 27.4 Å².